The molecule has 120 valence electrons. The maximum absolute atomic E-state index is 12.0. The fourth-order valence-electron chi connectivity index (χ4n) is 2.69. The Balaban J connectivity index is 1.65. The molecule has 8 nitrogen and oxygen atoms in total. The Bertz CT molecular complexity index is 795. The van der Waals surface area contributed by atoms with Crippen LogP contribution in [-0.4, -0.2) is 43.9 Å². The van der Waals surface area contributed by atoms with E-state index >= 15 is 0 Å². The summed E-state index contributed by atoms with van der Waals surface area (Å²) in [5.41, 5.74) is 2.14. The zero-order chi connectivity index (χ0) is 16.6. The minimum absolute atomic E-state index is 0.0710. The molecule has 1 aliphatic rings. The molecule has 0 bridgehead atoms. The van der Waals surface area contributed by atoms with Crippen LogP contribution in [0, 0.1) is 6.92 Å². The Kier molecular flexibility index (Phi) is 3.81. The van der Waals surface area contributed by atoms with E-state index < -0.39 is 0 Å². The first-order chi connectivity index (χ1) is 11.0. The number of anilines is 1. The van der Waals surface area contributed by atoms with Gasteiger partial charge < -0.3 is 5.32 Å². The van der Waals surface area contributed by atoms with Crippen molar-refractivity contribution in [2.45, 2.75) is 26.2 Å². The summed E-state index contributed by atoms with van der Waals surface area (Å²) in [5.74, 6) is -0.686. The van der Waals surface area contributed by atoms with Gasteiger partial charge >= 0.3 is 0 Å². The molecule has 0 radical (unpaired) electrons. The molecular formula is C15H17N5O3. The zero-order valence-electron chi connectivity index (χ0n) is 13.0. The van der Waals surface area contributed by atoms with E-state index in [1.54, 1.807) is 10.9 Å². The molecule has 3 heterocycles. The van der Waals surface area contributed by atoms with Gasteiger partial charge in [0.05, 0.1) is 17.6 Å². The predicted octanol–water partition coefficient (Wildman–Crippen LogP) is 0.754. The van der Waals surface area contributed by atoms with Crippen molar-refractivity contribution in [3.8, 4) is 0 Å². The number of hydrogen-bond acceptors (Lipinski definition) is 5. The number of nitrogens with zero attached hydrogens (tertiary/aromatic N) is 4. The van der Waals surface area contributed by atoms with Crippen LogP contribution in [0.5, 0.6) is 0 Å². The van der Waals surface area contributed by atoms with Gasteiger partial charge in [0.25, 0.3) is 0 Å². The van der Waals surface area contributed by atoms with Crippen molar-refractivity contribution >= 4 is 34.4 Å². The molecule has 1 fully saturated rings. The molecule has 1 saturated heterocycles. The highest BCUT2D eigenvalue weighted by atomic mass is 16.2. The minimum atomic E-state index is -0.264. The zero-order valence-corrected chi connectivity index (χ0v) is 13.0. The summed E-state index contributed by atoms with van der Waals surface area (Å²) < 4.78 is 1.68. The maximum atomic E-state index is 12.0. The molecule has 0 aromatic carbocycles. The summed E-state index contributed by atoms with van der Waals surface area (Å²) in [7, 11) is 1.81. The predicted molar refractivity (Wildman–Crippen MR) is 82.4 cm³/mol. The first kappa shape index (κ1) is 15.1. The van der Waals surface area contributed by atoms with Crippen molar-refractivity contribution in [1.29, 1.82) is 0 Å². The molecule has 2 aromatic rings. The lowest BCUT2D eigenvalue weighted by molar-refractivity contribution is -0.138. The number of pyridine rings is 1. The molecule has 8 heteroatoms. The monoisotopic (exact) mass is 315 g/mol. The fourth-order valence-corrected chi connectivity index (χ4v) is 2.69. The lowest BCUT2D eigenvalue weighted by atomic mass is 10.2. The van der Waals surface area contributed by atoms with Gasteiger partial charge in [-0.15, -0.1) is 0 Å². The number of aromatic nitrogens is 3. The summed E-state index contributed by atoms with van der Waals surface area (Å²) in [6.45, 7) is 1.99. The quantitative estimate of drug-likeness (QED) is 0.840. The van der Waals surface area contributed by atoms with Crippen LogP contribution in [0.25, 0.3) is 11.0 Å². The van der Waals surface area contributed by atoms with Crippen molar-refractivity contribution in [3.05, 3.63) is 18.0 Å². The van der Waals surface area contributed by atoms with E-state index in [1.165, 1.54) is 0 Å². The number of fused-ring (bicyclic) bond motifs is 1. The third-order valence-electron chi connectivity index (χ3n) is 3.86. The third kappa shape index (κ3) is 2.92. The van der Waals surface area contributed by atoms with E-state index in [9.17, 15) is 14.4 Å². The molecule has 23 heavy (non-hydrogen) atoms. The Morgan fingerprint density at radius 2 is 2.00 bits per heavy atom. The Morgan fingerprint density at radius 1 is 1.30 bits per heavy atom. The highest BCUT2D eigenvalue weighted by Crippen LogP contribution is 2.19. The number of amides is 3. The van der Waals surface area contributed by atoms with Crippen LogP contribution in [0.4, 0.5) is 5.69 Å². The van der Waals surface area contributed by atoms with Crippen molar-refractivity contribution in [2.24, 2.45) is 7.05 Å². The van der Waals surface area contributed by atoms with Gasteiger partial charge in [-0.1, -0.05) is 0 Å². The molecule has 0 saturated carbocycles. The standard InChI is InChI=1S/C15H17N5O3/c1-9-11-7-10(8-16-15(11)19(2)18-9)17-12(21)5-6-20-13(22)3-4-14(20)23/h7-8H,3-6H2,1-2H3,(H,17,21). The summed E-state index contributed by atoms with van der Waals surface area (Å²) in [6.07, 6.45) is 2.11. The second-order valence-corrected chi connectivity index (χ2v) is 5.54. The van der Waals surface area contributed by atoms with E-state index in [1.807, 2.05) is 20.0 Å². The molecular weight excluding hydrogens is 298 g/mol. The topological polar surface area (TPSA) is 97.2 Å². The van der Waals surface area contributed by atoms with Gasteiger partial charge in [-0.25, -0.2) is 4.98 Å². The average Bonchev–Trinajstić information content (AvgIpc) is 2.97. The highest BCUT2D eigenvalue weighted by molar-refractivity contribution is 6.02. The fraction of sp³-hybridized carbons (Fsp3) is 0.400. The van der Waals surface area contributed by atoms with E-state index in [0.717, 1.165) is 21.6 Å². The van der Waals surface area contributed by atoms with Crippen molar-refractivity contribution in [3.63, 3.8) is 0 Å². The molecule has 1 N–H and O–H groups in total. The summed E-state index contributed by atoms with van der Waals surface area (Å²) >= 11 is 0. The normalized spacial score (nSPS) is 14.8. The van der Waals surface area contributed by atoms with E-state index in [4.69, 9.17) is 0 Å². The largest absolute Gasteiger partial charge is 0.325 e. The molecule has 0 atom stereocenters. The van der Waals surface area contributed by atoms with Crippen molar-refractivity contribution in [1.82, 2.24) is 19.7 Å². The van der Waals surface area contributed by atoms with Crippen molar-refractivity contribution in [2.75, 3.05) is 11.9 Å². The van der Waals surface area contributed by atoms with Gasteiger partial charge in [0, 0.05) is 38.2 Å². The minimum Gasteiger partial charge on any atom is -0.325 e. The smallest absolute Gasteiger partial charge is 0.229 e. The van der Waals surface area contributed by atoms with Gasteiger partial charge in [0.2, 0.25) is 17.7 Å². The average molecular weight is 315 g/mol. The van der Waals surface area contributed by atoms with Crippen LogP contribution >= 0.6 is 0 Å². The summed E-state index contributed by atoms with van der Waals surface area (Å²) in [5, 5.41) is 7.88. The SMILES string of the molecule is Cc1nn(C)c2ncc(NC(=O)CCN3C(=O)CCC3=O)cc12. The molecule has 3 rings (SSSR count). The van der Waals surface area contributed by atoms with Gasteiger partial charge in [0.1, 0.15) is 0 Å². The molecule has 0 spiro atoms. The highest BCUT2D eigenvalue weighted by Gasteiger charge is 2.28. The first-order valence-electron chi connectivity index (χ1n) is 7.38. The van der Waals surface area contributed by atoms with Gasteiger partial charge in [-0.05, 0) is 13.0 Å². The lowest BCUT2D eigenvalue weighted by Crippen LogP contribution is -2.32. The second-order valence-electron chi connectivity index (χ2n) is 5.54. The number of rotatable bonds is 4. The Labute approximate surface area is 132 Å². The molecule has 1 aliphatic heterocycles. The molecule has 0 unspecified atom stereocenters. The van der Waals surface area contributed by atoms with Gasteiger partial charge in [-0.3, -0.25) is 24.0 Å². The number of carbonyl (C=O) groups is 3. The molecule has 3 amide bonds. The third-order valence-corrected chi connectivity index (χ3v) is 3.86. The number of aryl methyl sites for hydroxylation is 2. The number of likely N-dealkylation sites (tertiary alicyclic amines) is 1. The van der Waals surface area contributed by atoms with E-state index in [2.05, 4.69) is 15.4 Å². The van der Waals surface area contributed by atoms with Gasteiger partial charge in [-0.2, -0.15) is 5.10 Å². The number of imide groups is 1. The van der Waals surface area contributed by atoms with Gasteiger partial charge in [0.15, 0.2) is 5.65 Å². The Morgan fingerprint density at radius 3 is 2.70 bits per heavy atom. The number of hydrogen-bond donors (Lipinski definition) is 1. The van der Waals surface area contributed by atoms with E-state index in [0.29, 0.717) is 5.69 Å². The number of carbonyl (C=O) groups excluding carboxylic acids is 3. The summed E-state index contributed by atoms with van der Waals surface area (Å²) in [6, 6.07) is 1.81. The lowest BCUT2D eigenvalue weighted by Gasteiger charge is -2.13. The molecule has 0 aliphatic carbocycles. The molecule has 2 aromatic heterocycles. The second kappa shape index (κ2) is 5.79. The van der Waals surface area contributed by atoms with E-state index in [-0.39, 0.29) is 43.5 Å². The maximum Gasteiger partial charge on any atom is 0.229 e. The van der Waals surface area contributed by atoms with Crippen molar-refractivity contribution < 1.29 is 14.4 Å². The van der Waals surface area contributed by atoms with Crippen LogP contribution in [0.1, 0.15) is 25.0 Å². The summed E-state index contributed by atoms with van der Waals surface area (Å²) in [4.78, 5) is 40.4. The van der Waals surface area contributed by atoms with Crippen LogP contribution < -0.4 is 5.32 Å². The van der Waals surface area contributed by atoms with Crippen LogP contribution in [0.2, 0.25) is 0 Å². The Hall–Kier alpha value is -2.77. The number of nitrogens with one attached hydrogen (secondary N) is 1. The first-order valence-corrected chi connectivity index (χ1v) is 7.38. The van der Waals surface area contributed by atoms with Crippen LogP contribution in [0.15, 0.2) is 12.3 Å². The van der Waals surface area contributed by atoms with Crippen LogP contribution in [0.3, 0.4) is 0 Å². The van der Waals surface area contributed by atoms with Crippen LogP contribution in [-0.2, 0) is 21.4 Å².